The van der Waals surface area contributed by atoms with Gasteiger partial charge in [-0.1, -0.05) is 23.8 Å². The minimum atomic E-state index is -0.223. The van der Waals surface area contributed by atoms with Crippen LogP contribution in [0.5, 0.6) is 0 Å². The Kier molecular flexibility index (Phi) is 3.32. The van der Waals surface area contributed by atoms with E-state index in [1.54, 1.807) is 4.57 Å². The van der Waals surface area contributed by atoms with Gasteiger partial charge >= 0.3 is 5.69 Å². The summed E-state index contributed by atoms with van der Waals surface area (Å²) >= 11 is 0. The summed E-state index contributed by atoms with van der Waals surface area (Å²) in [5.41, 5.74) is 3.61. The predicted molar refractivity (Wildman–Crippen MR) is 85.0 cm³/mol. The molecule has 4 rings (SSSR count). The Morgan fingerprint density at radius 1 is 1.35 bits per heavy atom. The molecule has 23 heavy (non-hydrogen) atoms. The average molecular weight is 312 g/mol. The zero-order valence-electron chi connectivity index (χ0n) is 13.1. The fourth-order valence-corrected chi connectivity index (χ4v) is 3.74. The maximum absolute atomic E-state index is 12.6. The Morgan fingerprint density at radius 2 is 2.22 bits per heavy atom. The van der Waals surface area contributed by atoms with Gasteiger partial charge in [-0.05, 0) is 37.3 Å². The zero-order chi connectivity index (χ0) is 16.0. The van der Waals surface area contributed by atoms with E-state index in [0.29, 0.717) is 13.0 Å². The third-order valence-corrected chi connectivity index (χ3v) is 5.02. The fraction of sp³-hybridized carbons (Fsp3) is 0.471. The number of carbonyl (C=O) groups excluding carboxylic acids is 1. The molecule has 1 aliphatic heterocycles. The standard InChI is InChI=1S/C17H20N4O2/c1-10-2-5-13-11(8-10)3-6-14(13)18-16(22)12-4-7-15-19-20-17(23)21(15)9-12/h2,5,8,12,14H,3-4,6-7,9H2,1H3,(H,18,22)(H,20,23). The van der Waals surface area contributed by atoms with Crippen molar-refractivity contribution in [3.05, 3.63) is 51.2 Å². The zero-order valence-corrected chi connectivity index (χ0v) is 13.1. The maximum atomic E-state index is 12.6. The van der Waals surface area contributed by atoms with E-state index in [0.717, 1.165) is 25.1 Å². The minimum absolute atomic E-state index is 0.0437. The number of hydrogen-bond acceptors (Lipinski definition) is 3. The summed E-state index contributed by atoms with van der Waals surface area (Å²) in [5.74, 6) is 0.634. The summed E-state index contributed by atoms with van der Waals surface area (Å²) in [6.07, 6.45) is 3.37. The second kappa shape index (κ2) is 5.37. The Bertz CT molecular complexity index is 820. The lowest BCUT2D eigenvalue weighted by molar-refractivity contribution is -0.126. The van der Waals surface area contributed by atoms with Crippen LogP contribution in [0, 0.1) is 12.8 Å². The van der Waals surface area contributed by atoms with E-state index in [2.05, 4.69) is 40.6 Å². The van der Waals surface area contributed by atoms with Crippen molar-refractivity contribution in [3.8, 4) is 0 Å². The third kappa shape index (κ3) is 2.48. The molecule has 2 heterocycles. The number of carbonyl (C=O) groups is 1. The highest BCUT2D eigenvalue weighted by atomic mass is 16.2. The van der Waals surface area contributed by atoms with Crippen LogP contribution in [-0.4, -0.2) is 20.7 Å². The molecule has 2 aliphatic rings. The molecule has 2 atom stereocenters. The quantitative estimate of drug-likeness (QED) is 0.876. The Balaban J connectivity index is 1.48. The van der Waals surface area contributed by atoms with Crippen molar-refractivity contribution in [1.29, 1.82) is 0 Å². The summed E-state index contributed by atoms with van der Waals surface area (Å²) in [5, 5.41) is 9.62. The normalized spacial score (nSPS) is 22.5. The smallest absolute Gasteiger partial charge is 0.343 e. The van der Waals surface area contributed by atoms with Crippen molar-refractivity contribution in [3.63, 3.8) is 0 Å². The number of rotatable bonds is 2. The van der Waals surface area contributed by atoms with Crippen LogP contribution < -0.4 is 11.0 Å². The van der Waals surface area contributed by atoms with Gasteiger partial charge in [0.2, 0.25) is 5.91 Å². The van der Waals surface area contributed by atoms with Crippen molar-refractivity contribution < 1.29 is 4.79 Å². The summed E-state index contributed by atoms with van der Waals surface area (Å²) in [6, 6.07) is 6.53. The lowest BCUT2D eigenvalue weighted by Crippen LogP contribution is -2.39. The molecule has 0 saturated heterocycles. The topological polar surface area (TPSA) is 79.8 Å². The molecule has 2 unspecified atom stereocenters. The van der Waals surface area contributed by atoms with Gasteiger partial charge in [-0.3, -0.25) is 9.36 Å². The van der Waals surface area contributed by atoms with Crippen LogP contribution in [0.2, 0.25) is 0 Å². The van der Waals surface area contributed by atoms with Crippen molar-refractivity contribution >= 4 is 5.91 Å². The van der Waals surface area contributed by atoms with Gasteiger partial charge < -0.3 is 5.32 Å². The lowest BCUT2D eigenvalue weighted by atomic mass is 9.97. The lowest BCUT2D eigenvalue weighted by Gasteiger charge is -2.24. The number of nitrogens with zero attached hydrogens (tertiary/aromatic N) is 2. The van der Waals surface area contributed by atoms with Crippen LogP contribution in [0.3, 0.4) is 0 Å². The summed E-state index contributed by atoms with van der Waals surface area (Å²) in [4.78, 5) is 24.3. The average Bonchev–Trinajstić information content (AvgIpc) is 3.11. The van der Waals surface area contributed by atoms with Gasteiger partial charge in [0.15, 0.2) is 0 Å². The largest absolute Gasteiger partial charge is 0.349 e. The van der Waals surface area contributed by atoms with Crippen LogP contribution in [0.4, 0.5) is 0 Å². The van der Waals surface area contributed by atoms with Crippen LogP contribution >= 0.6 is 0 Å². The molecule has 0 radical (unpaired) electrons. The molecular weight excluding hydrogens is 292 g/mol. The van der Waals surface area contributed by atoms with Crippen molar-refractivity contribution in [2.75, 3.05) is 0 Å². The molecule has 2 aromatic rings. The number of amides is 1. The van der Waals surface area contributed by atoms with Crippen molar-refractivity contribution in [2.24, 2.45) is 5.92 Å². The number of hydrogen-bond donors (Lipinski definition) is 2. The maximum Gasteiger partial charge on any atom is 0.343 e. The Hall–Kier alpha value is -2.37. The first-order valence-electron chi connectivity index (χ1n) is 8.15. The molecule has 1 aromatic carbocycles. The number of benzene rings is 1. The third-order valence-electron chi connectivity index (χ3n) is 5.02. The van der Waals surface area contributed by atoms with Gasteiger partial charge in [0.25, 0.3) is 0 Å². The summed E-state index contributed by atoms with van der Waals surface area (Å²) in [7, 11) is 0. The number of H-pyrrole nitrogens is 1. The van der Waals surface area contributed by atoms with Gasteiger partial charge in [0, 0.05) is 13.0 Å². The number of fused-ring (bicyclic) bond motifs is 2. The van der Waals surface area contributed by atoms with Gasteiger partial charge in [0.05, 0.1) is 12.0 Å². The SMILES string of the molecule is Cc1ccc2c(c1)CCC2NC(=O)C1CCc2n[nH]c(=O)n2C1. The number of aromatic amines is 1. The van der Waals surface area contributed by atoms with E-state index in [-0.39, 0.29) is 23.6 Å². The molecule has 1 aliphatic carbocycles. The molecule has 0 bridgehead atoms. The van der Waals surface area contributed by atoms with E-state index < -0.39 is 0 Å². The second-order valence-electron chi connectivity index (χ2n) is 6.59. The number of nitrogens with one attached hydrogen (secondary N) is 2. The number of aryl methyl sites for hydroxylation is 3. The highest BCUT2D eigenvalue weighted by Gasteiger charge is 2.30. The summed E-state index contributed by atoms with van der Waals surface area (Å²) < 4.78 is 1.58. The molecule has 2 N–H and O–H groups in total. The van der Waals surface area contributed by atoms with Gasteiger partial charge in [0.1, 0.15) is 5.82 Å². The first kappa shape index (κ1) is 14.2. The van der Waals surface area contributed by atoms with Crippen molar-refractivity contribution in [2.45, 2.75) is 45.2 Å². The minimum Gasteiger partial charge on any atom is -0.349 e. The van der Waals surface area contributed by atoms with E-state index in [4.69, 9.17) is 0 Å². The van der Waals surface area contributed by atoms with E-state index in [9.17, 15) is 9.59 Å². The summed E-state index contributed by atoms with van der Waals surface area (Å²) in [6.45, 7) is 2.51. The van der Waals surface area contributed by atoms with Gasteiger partial charge in [-0.15, -0.1) is 0 Å². The molecule has 1 amide bonds. The first-order valence-corrected chi connectivity index (χ1v) is 8.15. The molecule has 1 aromatic heterocycles. The number of aromatic nitrogens is 3. The molecular formula is C17H20N4O2. The molecule has 6 heteroatoms. The van der Waals surface area contributed by atoms with Crippen LogP contribution in [0.25, 0.3) is 0 Å². The molecule has 6 nitrogen and oxygen atoms in total. The molecule has 0 fully saturated rings. The molecule has 120 valence electrons. The fourth-order valence-electron chi connectivity index (χ4n) is 3.74. The predicted octanol–water partition coefficient (Wildman–Crippen LogP) is 1.25. The molecule has 0 saturated carbocycles. The van der Waals surface area contributed by atoms with E-state index in [1.165, 1.54) is 16.7 Å². The van der Waals surface area contributed by atoms with Crippen LogP contribution in [0.15, 0.2) is 23.0 Å². The monoisotopic (exact) mass is 312 g/mol. The highest BCUT2D eigenvalue weighted by Crippen LogP contribution is 2.32. The van der Waals surface area contributed by atoms with Crippen molar-refractivity contribution in [1.82, 2.24) is 20.1 Å². The van der Waals surface area contributed by atoms with E-state index in [1.807, 2.05) is 0 Å². The highest BCUT2D eigenvalue weighted by molar-refractivity contribution is 5.79. The second-order valence-corrected chi connectivity index (χ2v) is 6.59. The van der Waals surface area contributed by atoms with Crippen LogP contribution in [-0.2, 0) is 24.2 Å². The van der Waals surface area contributed by atoms with Crippen LogP contribution in [0.1, 0.15) is 41.4 Å². The Morgan fingerprint density at radius 3 is 3.09 bits per heavy atom. The van der Waals surface area contributed by atoms with Gasteiger partial charge in [-0.2, -0.15) is 5.10 Å². The molecule has 0 spiro atoms. The Labute approximate surface area is 133 Å². The first-order chi connectivity index (χ1) is 11.1. The van der Waals surface area contributed by atoms with E-state index >= 15 is 0 Å². The van der Waals surface area contributed by atoms with Gasteiger partial charge in [-0.25, -0.2) is 9.89 Å².